The molecule has 1 nitrogen and oxygen atoms in total. The smallest absolute Gasteiger partial charge is 0.00818 e. The molecule has 17 heavy (non-hydrogen) atoms. The summed E-state index contributed by atoms with van der Waals surface area (Å²) in [5, 5.41) is 2.78. The molecule has 1 saturated carbocycles. The largest absolute Gasteiger partial charge is 0.330 e. The van der Waals surface area contributed by atoms with E-state index in [-0.39, 0.29) is 5.41 Å². The van der Waals surface area contributed by atoms with Crippen molar-refractivity contribution in [3.05, 3.63) is 47.5 Å². The highest BCUT2D eigenvalue weighted by Crippen LogP contribution is 2.45. The molecule has 0 atom stereocenters. The van der Waals surface area contributed by atoms with E-state index < -0.39 is 0 Å². The van der Waals surface area contributed by atoms with Crippen molar-refractivity contribution >= 4 is 10.8 Å². The van der Waals surface area contributed by atoms with Gasteiger partial charge < -0.3 is 5.73 Å². The molecule has 0 amide bonds. The zero-order valence-electron chi connectivity index (χ0n) is 10.4. The molecule has 1 heteroatoms. The third-order valence-electron chi connectivity index (χ3n) is 4.39. The first kappa shape index (κ1) is 10.8. The topological polar surface area (TPSA) is 26.0 Å². The first-order valence-corrected chi connectivity index (χ1v) is 6.46. The fourth-order valence-electron chi connectivity index (χ4n) is 3.16. The molecule has 0 aromatic heterocycles. The third kappa shape index (κ3) is 1.49. The van der Waals surface area contributed by atoms with Gasteiger partial charge in [-0.2, -0.15) is 0 Å². The van der Waals surface area contributed by atoms with Crippen LogP contribution in [-0.2, 0) is 5.41 Å². The van der Waals surface area contributed by atoms with E-state index in [1.807, 2.05) is 0 Å². The summed E-state index contributed by atoms with van der Waals surface area (Å²) < 4.78 is 0. The van der Waals surface area contributed by atoms with Gasteiger partial charge in [0.15, 0.2) is 0 Å². The molecule has 0 bridgehead atoms. The van der Waals surface area contributed by atoms with E-state index in [0.717, 1.165) is 6.54 Å². The van der Waals surface area contributed by atoms with E-state index in [1.165, 1.54) is 41.2 Å². The van der Waals surface area contributed by atoms with Gasteiger partial charge >= 0.3 is 0 Å². The van der Waals surface area contributed by atoms with Crippen LogP contribution in [0.2, 0.25) is 0 Å². The maximum absolute atomic E-state index is 6.04. The van der Waals surface area contributed by atoms with Gasteiger partial charge in [0.05, 0.1) is 0 Å². The molecule has 1 fully saturated rings. The lowest BCUT2D eigenvalue weighted by Gasteiger charge is -2.42. The van der Waals surface area contributed by atoms with E-state index in [0.29, 0.717) is 0 Å². The number of aryl methyl sites for hydroxylation is 1. The lowest BCUT2D eigenvalue weighted by atomic mass is 9.63. The summed E-state index contributed by atoms with van der Waals surface area (Å²) in [6, 6.07) is 13.2. The zero-order valence-corrected chi connectivity index (χ0v) is 10.4. The average Bonchev–Trinajstić information content (AvgIpc) is 2.29. The Labute approximate surface area is 103 Å². The van der Waals surface area contributed by atoms with Crippen molar-refractivity contribution in [2.45, 2.75) is 31.6 Å². The van der Waals surface area contributed by atoms with Gasteiger partial charge in [-0.25, -0.2) is 0 Å². The maximum Gasteiger partial charge on any atom is 0.00818 e. The van der Waals surface area contributed by atoms with Crippen molar-refractivity contribution in [1.82, 2.24) is 0 Å². The van der Waals surface area contributed by atoms with E-state index in [4.69, 9.17) is 5.73 Å². The van der Waals surface area contributed by atoms with E-state index in [9.17, 15) is 0 Å². The van der Waals surface area contributed by atoms with Crippen LogP contribution < -0.4 is 5.73 Å². The Morgan fingerprint density at radius 3 is 2.41 bits per heavy atom. The Hall–Kier alpha value is -1.34. The lowest BCUT2D eigenvalue weighted by Crippen LogP contribution is -2.41. The molecular weight excluding hydrogens is 206 g/mol. The van der Waals surface area contributed by atoms with Crippen molar-refractivity contribution in [3.63, 3.8) is 0 Å². The number of benzene rings is 2. The van der Waals surface area contributed by atoms with Crippen molar-refractivity contribution in [2.24, 2.45) is 5.73 Å². The third-order valence-corrected chi connectivity index (χ3v) is 4.39. The number of rotatable bonds is 2. The lowest BCUT2D eigenvalue weighted by molar-refractivity contribution is 0.255. The first-order valence-electron chi connectivity index (χ1n) is 6.46. The second-order valence-corrected chi connectivity index (χ2v) is 5.32. The van der Waals surface area contributed by atoms with Crippen molar-refractivity contribution < 1.29 is 0 Å². The second kappa shape index (κ2) is 3.85. The Morgan fingerprint density at radius 2 is 1.82 bits per heavy atom. The Bertz CT molecular complexity index is 542. The number of fused-ring (bicyclic) bond motifs is 1. The van der Waals surface area contributed by atoms with Crippen molar-refractivity contribution in [1.29, 1.82) is 0 Å². The van der Waals surface area contributed by atoms with Crippen LogP contribution in [0.5, 0.6) is 0 Å². The minimum atomic E-state index is 0.256. The van der Waals surface area contributed by atoms with Crippen LogP contribution in [0.15, 0.2) is 36.4 Å². The summed E-state index contributed by atoms with van der Waals surface area (Å²) >= 11 is 0. The summed E-state index contributed by atoms with van der Waals surface area (Å²) in [7, 11) is 0. The van der Waals surface area contributed by atoms with Crippen LogP contribution in [-0.4, -0.2) is 6.54 Å². The molecule has 88 valence electrons. The molecule has 0 saturated heterocycles. The number of hydrogen-bond donors (Lipinski definition) is 1. The minimum Gasteiger partial charge on any atom is -0.330 e. The monoisotopic (exact) mass is 225 g/mol. The first-order chi connectivity index (χ1) is 8.27. The fraction of sp³-hybridized carbons (Fsp3) is 0.375. The molecule has 2 N–H and O–H groups in total. The van der Waals surface area contributed by atoms with Crippen LogP contribution in [0.1, 0.15) is 30.4 Å². The summed E-state index contributed by atoms with van der Waals surface area (Å²) in [6.07, 6.45) is 3.81. The predicted octanol–water partition coefficient (Wildman–Crippen LogP) is 3.53. The molecule has 1 aliphatic rings. The van der Waals surface area contributed by atoms with Gasteiger partial charge in [-0.05, 0) is 41.7 Å². The van der Waals surface area contributed by atoms with Crippen LogP contribution in [0, 0.1) is 6.92 Å². The Morgan fingerprint density at radius 1 is 1.12 bits per heavy atom. The van der Waals surface area contributed by atoms with E-state index >= 15 is 0 Å². The summed E-state index contributed by atoms with van der Waals surface area (Å²) in [4.78, 5) is 0. The molecule has 0 heterocycles. The van der Waals surface area contributed by atoms with Crippen molar-refractivity contribution in [3.8, 4) is 0 Å². The average molecular weight is 225 g/mol. The maximum atomic E-state index is 6.04. The van der Waals surface area contributed by atoms with Crippen LogP contribution >= 0.6 is 0 Å². The van der Waals surface area contributed by atoms with Gasteiger partial charge in [0.25, 0.3) is 0 Å². The van der Waals surface area contributed by atoms with Gasteiger partial charge in [0.2, 0.25) is 0 Å². The predicted molar refractivity (Wildman–Crippen MR) is 73.3 cm³/mol. The van der Waals surface area contributed by atoms with Crippen LogP contribution in [0.3, 0.4) is 0 Å². The SMILES string of the molecule is Cc1cccc2cccc(C3(CN)CCC3)c12. The highest BCUT2D eigenvalue weighted by molar-refractivity contribution is 5.89. The van der Waals surface area contributed by atoms with Crippen LogP contribution in [0.25, 0.3) is 10.8 Å². The van der Waals surface area contributed by atoms with E-state index in [2.05, 4.69) is 43.3 Å². The summed E-state index contributed by atoms with van der Waals surface area (Å²) in [5.74, 6) is 0. The molecule has 0 unspecified atom stereocenters. The van der Waals surface area contributed by atoms with Gasteiger partial charge in [-0.3, -0.25) is 0 Å². The van der Waals surface area contributed by atoms with Gasteiger partial charge in [0.1, 0.15) is 0 Å². The Balaban J connectivity index is 2.29. The summed E-state index contributed by atoms with van der Waals surface area (Å²) in [6.45, 7) is 2.98. The minimum absolute atomic E-state index is 0.256. The quantitative estimate of drug-likeness (QED) is 0.831. The Kier molecular flexibility index (Phi) is 2.44. The summed E-state index contributed by atoms with van der Waals surface area (Å²) in [5.41, 5.74) is 9.14. The van der Waals surface area contributed by atoms with Crippen molar-refractivity contribution in [2.75, 3.05) is 6.54 Å². The highest BCUT2D eigenvalue weighted by atomic mass is 14.6. The normalized spacial score (nSPS) is 18.0. The number of hydrogen-bond acceptors (Lipinski definition) is 1. The molecule has 0 spiro atoms. The molecular formula is C16H19N. The van der Waals surface area contributed by atoms with Gasteiger partial charge in [-0.1, -0.05) is 42.8 Å². The molecule has 2 aromatic carbocycles. The molecule has 2 aromatic rings. The van der Waals surface area contributed by atoms with Crippen LogP contribution in [0.4, 0.5) is 0 Å². The van der Waals surface area contributed by atoms with E-state index in [1.54, 1.807) is 0 Å². The fourth-order valence-corrected chi connectivity index (χ4v) is 3.16. The number of nitrogens with two attached hydrogens (primary N) is 1. The highest BCUT2D eigenvalue weighted by Gasteiger charge is 2.38. The second-order valence-electron chi connectivity index (χ2n) is 5.32. The van der Waals surface area contributed by atoms with Gasteiger partial charge in [-0.15, -0.1) is 0 Å². The van der Waals surface area contributed by atoms with Gasteiger partial charge in [0, 0.05) is 12.0 Å². The molecule has 0 aliphatic heterocycles. The standard InChI is InChI=1S/C16H19N/c1-12-5-2-6-13-7-3-8-14(15(12)13)16(11-17)9-4-10-16/h2-3,5-8H,4,9-11,17H2,1H3. The zero-order chi connectivity index (χ0) is 11.9. The molecule has 0 radical (unpaired) electrons. The molecule has 1 aliphatic carbocycles. The molecule has 3 rings (SSSR count).